The second-order valence-corrected chi connectivity index (χ2v) is 6.81. The molecule has 0 aliphatic carbocycles. The molecule has 4 aromatic rings. The highest BCUT2D eigenvalue weighted by molar-refractivity contribution is 6.02. The first kappa shape index (κ1) is 16.6. The molecule has 0 amide bonds. The highest BCUT2D eigenvalue weighted by Crippen LogP contribution is 2.34. The van der Waals surface area contributed by atoms with Crippen LogP contribution in [0.25, 0.3) is 5.69 Å². The van der Waals surface area contributed by atoms with Crippen LogP contribution in [0.3, 0.4) is 0 Å². The Hall–Kier alpha value is -3.59. The van der Waals surface area contributed by atoms with Crippen LogP contribution in [0.2, 0.25) is 0 Å². The van der Waals surface area contributed by atoms with Crippen LogP contribution in [0.5, 0.6) is 5.75 Å². The fourth-order valence-electron chi connectivity index (χ4n) is 3.72. The Morgan fingerprint density at radius 3 is 2.29 bits per heavy atom. The summed E-state index contributed by atoms with van der Waals surface area (Å²) in [5, 5.41) is 0. The Bertz CT molecular complexity index is 1110. The van der Waals surface area contributed by atoms with E-state index in [-0.39, 0.29) is 6.04 Å². The Morgan fingerprint density at radius 1 is 0.750 bits per heavy atom. The molecule has 0 fully saturated rings. The summed E-state index contributed by atoms with van der Waals surface area (Å²) in [6, 6.07) is 32.9. The lowest BCUT2D eigenvalue weighted by atomic mass is 9.98. The van der Waals surface area contributed by atoms with E-state index < -0.39 is 0 Å². The normalized spacial score (nSPS) is 15.1. The van der Waals surface area contributed by atoms with Gasteiger partial charge in [-0.2, -0.15) is 0 Å². The van der Waals surface area contributed by atoms with Crippen LogP contribution >= 0.6 is 0 Å². The fourth-order valence-corrected chi connectivity index (χ4v) is 3.72. The number of aliphatic imine (C=N–C) groups is 1. The monoisotopic (exact) mass is 364 g/mol. The number of ether oxygens (including phenoxy) is 1. The molecule has 1 atom stereocenters. The maximum atomic E-state index is 6.07. The third kappa shape index (κ3) is 3.01. The minimum Gasteiger partial charge on any atom is -0.487 e. The molecule has 5 rings (SSSR count). The summed E-state index contributed by atoms with van der Waals surface area (Å²) >= 11 is 0. The van der Waals surface area contributed by atoms with E-state index in [2.05, 4.69) is 71.4 Å². The number of hydrogen-bond donors (Lipinski definition) is 0. The average molecular weight is 364 g/mol. The van der Waals surface area contributed by atoms with E-state index in [4.69, 9.17) is 9.73 Å². The SMILES string of the molecule is c1ccc(OCC2=NC(c3ccccc3)c3ccccc3-n3cccc32)cc1. The van der Waals surface area contributed by atoms with Crippen molar-refractivity contribution in [1.29, 1.82) is 0 Å². The van der Waals surface area contributed by atoms with Crippen LogP contribution in [0.4, 0.5) is 0 Å². The largest absolute Gasteiger partial charge is 0.487 e. The third-order valence-corrected chi connectivity index (χ3v) is 5.05. The van der Waals surface area contributed by atoms with Crippen LogP contribution in [-0.4, -0.2) is 16.9 Å². The number of para-hydroxylation sites is 2. The van der Waals surface area contributed by atoms with Gasteiger partial charge in [-0.05, 0) is 35.9 Å². The molecule has 0 saturated carbocycles. The number of rotatable bonds is 4. The van der Waals surface area contributed by atoms with Crippen LogP contribution in [0.15, 0.2) is 108 Å². The van der Waals surface area contributed by atoms with E-state index in [0.29, 0.717) is 6.61 Å². The predicted molar refractivity (Wildman–Crippen MR) is 113 cm³/mol. The topological polar surface area (TPSA) is 26.5 Å². The predicted octanol–water partition coefficient (Wildman–Crippen LogP) is 5.45. The first-order valence-corrected chi connectivity index (χ1v) is 9.46. The number of fused-ring (bicyclic) bond motifs is 3. The standard InChI is InChI=1S/C25H20N2O/c1-3-10-19(11-4-1)25-21-14-7-8-15-23(21)27-17-9-16-24(27)22(26-25)18-28-20-12-5-2-6-13-20/h1-17,25H,18H2. The summed E-state index contributed by atoms with van der Waals surface area (Å²) in [7, 11) is 0. The smallest absolute Gasteiger partial charge is 0.132 e. The molecule has 1 aliphatic heterocycles. The van der Waals surface area contributed by atoms with E-state index in [1.54, 1.807) is 0 Å². The first-order valence-electron chi connectivity index (χ1n) is 9.46. The highest BCUT2D eigenvalue weighted by atomic mass is 16.5. The molecule has 1 aliphatic rings. The molecule has 1 unspecified atom stereocenters. The summed E-state index contributed by atoms with van der Waals surface area (Å²) in [4.78, 5) is 5.19. The Labute approximate surface area is 164 Å². The zero-order valence-corrected chi connectivity index (χ0v) is 15.4. The van der Waals surface area contributed by atoms with Gasteiger partial charge in [0.1, 0.15) is 18.4 Å². The molecular weight excluding hydrogens is 344 g/mol. The Kier molecular flexibility index (Phi) is 4.26. The number of aromatic nitrogens is 1. The summed E-state index contributed by atoms with van der Waals surface area (Å²) in [5.41, 5.74) is 5.55. The molecule has 0 N–H and O–H groups in total. The average Bonchev–Trinajstić information content (AvgIpc) is 3.20. The molecule has 3 nitrogen and oxygen atoms in total. The molecule has 0 radical (unpaired) electrons. The Balaban J connectivity index is 1.62. The van der Waals surface area contributed by atoms with Crippen molar-refractivity contribution in [1.82, 2.24) is 4.57 Å². The minimum absolute atomic E-state index is 0.0633. The molecule has 28 heavy (non-hydrogen) atoms. The van der Waals surface area contributed by atoms with Gasteiger partial charge in [-0.3, -0.25) is 4.99 Å². The van der Waals surface area contributed by atoms with Gasteiger partial charge in [-0.1, -0.05) is 66.7 Å². The lowest BCUT2D eigenvalue weighted by molar-refractivity contribution is 0.376. The molecule has 3 aromatic carbocycles. The maximum absolute atomic E-state index is 6.07. The van der Waals surface area contributed by atoms with Gasteiger partial charge in [0.25, 0.3) is 0 Å². The fraction of sp³-hybridized carbons (Fsp3) is 0.0800. The second kappa shape index (κ2) is 7.20. The highest BCUT2D eigenvalue weighted by Gasteiger charge is 2.24. The maximum Gasteiger partial charge on any atom is 0.132 e. The van der Waals surface area contributed by atoms with Crippen molar-refractivity contribution in [3.8, 4) is 11.4 Å². The van der Waals surface area contributed by atoms with E-state index in [0.717, 1.165) is 22.8 Å². The second-order valence-electron chi connectivity index (χ2n) is 6.81. The van der Waals surface area contributed by atoms with Crippen molar-refractivity contribution in [2.45, 2.75) is 6.04 Å². The molecule has 0 saturated heterocycles. The van der Waals surface area contributed by atoms with Gasteiger partial charge in [-0.15, -0.1) is 0 Å². The zero-order valence-electron chi connectivity index (χ0n) is 15.4. The van der Waals surface area contributed by atoms with Crippen LogP contribution in [0.1, 0.15) is 22.9 Å². The summed E-state index contributed by atoms with van der Waals surface area (Å²) < 4.78 is 8.28. The Morgan fingerprint density at radius 2 is 1.46 bits per heavy atom. The zero-order chi connectivity index (χ0) is 18.8. The van der Waals surface area contributed by atoms with Crippen molar-refractivity contribution in [3.63, 3.8) is 0 Å². The van der Waals surface area contributed by atoms with Gasteiger partial charge < -0.3 is 9.30 Å². The minimum atomic E-state index is -0.0633. The number of hydrogen-bond acceptors (Lipinski definition) is 2. The van der Waals surface area contributed by atoms with Crippen LogP contribution < -0.4 is 4.74 Å². The summed E-state index contributed by atoms with van der Waals surface area (Å²) in [5.74, 6) is 0.848. The van der Waals surface area contributed by atoms with Gasteiger partial charge in [0.05, 0.1) is 17.1 Å². The van der Waals surface area contributed by atoms with Crippen molar-refractivity contribution < 1.29 is 4.74 Å². The number of nitrogens with zero attached hydrogens (tertiary/aromatic N) is 2. The van der Waals surface area contributed by atoms with Gasteiger partial charge in [-0.25, -0.2) is 0 Å². The van der Waals surface area contributed by atoms with Crippen LogP contribution in [0, 0.1) is 0 Å². The van der Waals surface area contributed by atoms with E-state index in [1.807, 2.05) is 36.4 Å². The lowest BCUT2D eigenvalue weighted by Crippen LogP contribution is -2.16. The van der Waals surface area contributed by atoms with Crippen molar-refractivity contribution >= 4 is 5.71 Å². The molecule has 0 spiro atoms. The van der Waals surface area contributed by atoms with Crippen molar-refractivity contribution in [2.24, 2.45) is 4.99 Å². The molecular formula is C25H20N2O. The van der Waals surface area contributed by atoms with Crippen molar-refractivity contribution in [3.05, 3.63) is 120 Å². The molecule has 136 valence electrons. The van der Waals surface area contributed by atoms with Gasteiger partial charge >= 0.3 is 0 Å². The quantitative estimate of drug-likeness (QED) is 0.473. The number of benzene rings is 3. The first-order chi connectivity index (χ1) is 13.9. The molecule has 0 bridgehead atoms. The van der Waals surface area contributed by atoms with Gasteiger partial charge in [0.2, 0.25) is 0 Å². The summed E-state index contributed by atoms with van der Waals surface area (Å²) in [6.45, 7) is 0.422. The van der Waals surface area contributed by atoms with E-state index >= 15 is 0 Å². The van der Waals surface area contributed by atoms with E-state index in [1.165, 1.54) is 11.1 Å². The summed E-state index contributed by atoms with van der Waals surface area (Å²) in [6.07, 6.45) is 2.10. The molecule has 2 heterocycles. The molecule has 3 heteroatoms. The van der Waals surface area contributed by atoms with E-state index in [9.17, 15) is 0 Å². The van der Waals surface area contributed by atoms with Gasteiger partial charge in [0, 0.05) is 11.8 Å². The lowest BCUT2D eigenvalue weighted by Gasteiger charge is -2.16. The van der Waals surface area contributed by atoms with Gasteiger partial charge in [0.15, 0.2) is 0 Å². The van der Waals surface area contributed by atoms with Crippen molar-refractivity contribution in [2.75, 3.05) is 6.61 Å². The third-order valence-electron chi connectivity index (χ3n) is 5.05. The van der Waals surface area contributed by atoms with Crippen LogP contribution in [-0.2, 0) is 0 Å². The molecule has 1 aromatic heterocycles.